The summed E-state index contributed by atoms with van der Waals surface area (Å²) in [7, 11) is 3.04. The zero-order chi connectivity index (χ0) is 17.5. The summed E-state index contributed by atoms with van der Waals surface area (Å²) in [4.78, 5) is 12.0. The number of amides is 2. The van der Waals surface area contributed by atoms with Gasteiger partial charge in [0.25, 0.3) is 0 Å². The van der Waals surface area contributed by atoms with Crippen LogP contribution in [-0.4, -0.2) is 20.3 Å². The molecule has 0 bridgehead atoms. The molecule has 7 heteroatoms. The standard InChI is InChI=1S/C17H16FN3O3/c1-23-15-5-3-4-11(16(15)24-2)10-20-17(22)21-14-7-6-13(18)8-12(14)9-19/h3-8H,10H2,1-2H3,(H2,20,21,22). The minimum atomic E-state index is -0.543. The summed E-state index contributed by atoms with van der Waals surface area (Å²) in [6.45, 7) is 0.190. The molecule has 2 amide bonds. The van der Waals surface area contributed by atoms with Gasteiger partial charge in [-0.25, -0.2) is 9.18 Å². The van der Waals surface area contributed by atoms with E-state index in [9.17, 15) is 9.18 Å². The zero-order valence-corrected chi connectivity index (χ0v) is 13.2. The molecule has 0 radical (unpaired) electrons. The molecule has 0 aromatic heterocycles. The van der Waals surface area contributed by atoms with Crippen LogP contribution in [0.25, 0.3) is 0 Å². The lowest BCUT2D eigenvalue weighted by Gasteiger charge is -2.13. The smallest absolute Gasteiger partial charge is 0.319 e. The van der Waals surface area contributed by atoms with Gasteiger partial charge in [-0.2, -0.15) is 5.26 Å². The Kier molecular flexibility index (Phi) is 5.58. The number of nitrogens with zero attached hydrogens (tertiary/aromatic N) is 1. The Bertz CT molecular complexity index is 787. The summed E-state index contributed by atoms with van der Waals surface area (Å²) < 4.78 is 23.6. The first kappa shape index (κ1) is 17.1. The number of carbonyl (C=O) groups excluding carboxylic acids is 1. The molecule has 124 valence electrons. The summed E-state index contributed by atoms with van der Waals surface area (Å²) in [5.74, 6) is 0.543. The van der Waals surface area contributed by atoms with Crippen LogP contribution in [0.2, 0.25) is 0 Å². The van der Waals surface area contributed by atoms with Gasteiger partial charge in [-0.3, -0.25) is 0 Å². The third-order valence-electron chi connectivity index (χ3n) is 3.27. The average Bonchev–Trinajstić information content (AvgIpc) is 2.60. The van der Waals surface area contributed by atoms with E-state index in [1.165, 1.54) is 26.4 Å². The number of para-hydroxylation sites is 1. The van der Waals surface area contributed by atoms with Gasteiger partial charge in [-0.1, -0.05) is 12.1 Å². The number of benzene rings is 2. The first-order chi connectivity index (χ1) is 11.6. The number of nitrogens with one attached hydrogen (secondary N) is 2. The normalized spacial score (nSPS) is 9.75. The Morgan fingerprint density at radius 2 is 2.04 bits per heavy atom. The Morgan fingerprint density at radius 1 is 1.25 bits per heavy atom. The van der Waals surface area contributed by atoms with Crippen molar-refractivity contribution in [1.29, 1.82) is 5.26 Å². The molecule has 2 N–H and O–H groups in total. The molecule has 0 saturated heterocycles. The number of carbonyl (C=O) groups is 1. The van der Waals surface area contributed by atoms with Crippen molar-refractivity contribution in [2.45, 2.75) is 6.54 Å². The molecule has 0 unspecified atom stereocenters. The molecule has 0 fully saturated rings. The molecular formula is C17H16FN3O3. The van der Waals surface area contributed by atoms with Gasteiger partial charge in [0.2, 0.25) is 0 Å². The highest BCUT2D eigenvalue weighted by Gasteiger charge is 2.11. The van der Waals surface area contributed by atoms with Gasteiger partial charge < -0.3 is 20.1 Å². The van der Waals surface area contributed by atoms with Gasteiger partial charge in [-0.05, 0) is 24.3 Å². The van der Waals surface area contributed by atoms with Crippen LogP contribution in [0.4, 0.5) is 14.9 Å². The number of methoxy groups -OCH3 is 2. The van der Waals surface area contributed by atoms with Crippen LogP contribution in [0.5, 0.6) is 11.5 Å². The maximum atomic E-state index is 13.1. The van der Waals surface area contributed by atoms with Crippen LogP contribution in [-0.2, 0) is 6.54 Å². The molecule has 0 aliphatic carbocycles. The molecule has 24 heavy (non-hydrogen) atoms. The van der Waals surface area contributed by atoms with E-state index in [0.717, 1.165) is 11.6 Å². The van der Waals surface area contributed by atoms with E-state index in [1.54, 1.807) is 18.2 Å². The van der Waals surface area contributed by atoms with Crippen molar-refractivity contribution in [3.8, 4) is 17.6 Å². The number of hydrogen-bond donors (Lipinski definition) is 2. The first-order valence-electron chi connectivity index (χ1n) is 7.03. The van der Waals surface area contributed by atoms with E-state index in [4.69, 9.17) is 14.7 Å². The lowest BCUT2D eigenvalue weighted by atomic mass is 10.2. The maximum absolute atomic E-state index is 13.1. The molecule has 0 atom stereocenters. The van der Waals surface area contributed by atoms with Crippen molar-refractivity contribution in [3.63, 3.8) is 0 Å². The van der Waals surface area contributed by atoms with Gasteiger partial charge in [0.1, 0.15) is 11.9 Å². The highest BCUT2D eigenvalue weighted by atomic mass is 19.1. The minimum absolute atomic E-state index is 0.0455. The maximum Gasteiger partial charge on any atom is 0.319 e. The Morgan fingerprint density at radius 3 is 2.71 bits per heavy atom. The molecule has 6 nitrogen and oxygen atoms in total. The number of rotatable bonds is 5. The third-order valence-corrected chi connectivity index (χ3v) is 3.27. The van der Waals surface area contributed by atoms with E-state index in [0.29, 0.717) is 11.5 Å². The summed E-state index contributed by atoms with van der Waals surface area (Å²) in [6.07, 6.45) is 0. The summed E-state index contributed by atoms with van der Waals surface area (Å²) >= 11 is 0. The first-order valence-corrected chi connectivity index (χ1v) is 7.03. The molecule has 0 saturated carbocycles. The monoisotopic (exact) mass is 329 g/mol. The predicted octanol–water partition coefficient (Wildman–Crippen LogP) is 3.04. The number of anilines is 1. The Balaban J connectivity index is 2.06. The highest BCUT2D eigenvalue weighted by Crippen LogP contribution is 2.30. The van der Waals surface area contributed by atoms with E-state index in [1.807, 2.05) is 6.07 Å². The molecule has 0 heterocycles. The van der Waals surface area contributed by atoms with Crippen molar-refractivity contribution in [1.82, 2.24) is 5.32 Å². The second kappa shape index (κ2) is 7.83. The quantitative estimate of drug-likeness (QED) is 0.883. The van der Waals surface area contributed by atoms with Crippen LogP contribution in [0, 0.1) is 17.1 Å². The van der Waals surface area contributed by atoms with Gasteiger partial charge >= 0.3 is 6.03 Å². The predicted molar refractivity (Wildman–Crippen MR) is 86.5 cm³/mol. The Labute approximate surface area is 138 Å². The van der Waals surface area contributed by atoms with Gasteiger partial charge in [-0.15, -0.1) is 0 Å². The summed E-state index contributed by atoms with van der Waals surface area (Å²) in [6, 6.07) is 10.2. The molecule has 2 aromatic rings. The van der Waals surface area contributed by atoms with Crippen molar-refractivity contribution in [2.24, 2.45) is 0 Å². The molecule has 0 aliphatic heterocycles. The van der Waals surface area contributed by atoms with E-state index in [-0.39, 0.29) is 17.8 Å². The molecule has 0 spiro atoms. The summed E-state index contributed by atoms with van der Waals surface area (Å²) in [5.41, 5.74) is 1.00. The van der Waals surface area contributed by atoms with Gasteiger partial charge in [0.15, 0.2) is 11.5 Å². The average molecular weight is 329 g/mol. The fraction of sp³-hybridized carbons (Fsp3) is 0.176. The van der Waals surface area contributed by atoms with Crippen molar-refractivity contribution in [2.75, 3.05) is 19.5 Å². The van der Waals surface area contributed by atoms with Crippen LogP contribution >= 0.6 is 0 Å². The second-order valence-corrected chi connectivity index (χ2v) is 4.76. The molecule has 2 aromatic carbocycles. The van der Waals surface area contributed by atoms with Crippen LogP contribution < -0.4 is 20.1 Å². The topological polar surface area (TPSA) is 83.4 Å². The summed E-state index contributed by atoms with van der Waals surface area (Å²) in [5, 5.41) is 14.1. The molecule has 0 aliphatic rings. The van der Waals surface area contributed by atoms with E-state index >= 15 is 0 Å². The fourth-order valence-corrected chi connectivity index (χ4v) is 2.15. The number of ether oxygens (including phenoxy) is 2. The molecule has 2 rings (SSSR count). The minimum Gasteiger partial charge on any atom is -0.493 e. The number of halogens is 1. The van der Waals surface area contributed by atoms with Crippen LogP contribution in [0.1, 0.15) is 11.1 Å². The number of nitriles is 1. The van der Waals surface area contributed by atoms with Crippen LogP contribution in [0.15, 0.2) is 36.4 Å². The van der Waals surface area contributed by atoms with Crippen molar-refractivity contribution >= 4 is 11.7 Å². The number of urea groups is 1. The van der Waals surface area contributed by atoms with Gasteiger partial charge in [0.05, 0.1) is 25.5 Å². The lowest BCUT2D eigenvalue weighted by Crippen LogP contribution is -2.28. The third kappa shape index (κ3) is 3.93. The zero-order valence-electron chi connectivity index (χ0n) is 13.2. The Hall–Kier alpha value is -3.27. The molecular weight excluding hydrogens is 313 g/mol. The second-order valence-electron chi connectivity index (χ2n) is 4.76. The van der Waals surface area contributed by atoms with Crippen molar-refractivity contribution < 1.29 is 18.7 Å². The SMILES string of the molecule is COc1cccc(CNC(=O)Nc2ccc(F)cc2C#N)c1OC. The van der Waals surface area contributed by atoms with Crippen molar-refractivity contribution in [3.05, 3.63) is 53.3 Å². The number of hydrogen-bond acceptors (Lipinski definition) is 4. The fourth-order valence-electron chi connectivity index (χ4n) is 2.15. The van der Waals surface area contributed by atoms with E-state index in [2.05, 4.69) is 10.6 Å². The van der Waals surface area contributed by atoms with Crippen LogP contribution in [0.3, 0.4) is 0 Å². The lowest BCUT2D eigenvalue weighted by molar-refractivity contribution is 0.251. The van der Waals surface area contributed by atoms with E-state index < -0.39 is 11.8 Å². The largest absolute Gasteiger partial charge is 0.493 e. The van der Waals surface area contributed by atoms with Gasteiger partial charge in [0, 0.05) is 12.1 Å². The highest BCUT2D eigenvalue weighted by molar-refractivity contribution is 5.90.